The maximum atomic E-state index is 14.8. The van der Waals surface area contributed by atoms with Gasteiger partial charge >= 0.3 is 11.9 Å². The van der Waals surface area contributed by atoms with Crippen molar-refractivity contribution in [1.82, 2.24) is 0 Å². The number of rotatable bonds is 13. The molecule has 0 aliphatic heterocycles. The summed E-state index contributed by atoms with van der Waals surface area (Å²) < 4.78 is 30.7. The second-order valence-electron chi connectivity index (χ2n) is 8.42. The van der Waals surface area contributed by atoms with Gasteiger partial charge in [-0.1, -0.05) is 48.5 Å². The van der Waals surface area contributed by atoms with Gasteiger partial charge in [0.15, 0.2) is 11.5 Å². The molecule has 3 aromatic carbocycles. The number of nitrogens with zero attached hydrogens (tertiary/aromatic N) is 1. The van der Waals surface area contributed by atoms with Crippen LogP contribution in [0.3, 0.4) is 0 Å². The molecule has 1 atom stereocenters. The third-order valence-corrected chi connectivity index (χ3v) is 5.72. The lowest BCUT2D eigenvalue weighted by Crippen LogP contribution is -2.17. The first kappa shape index (κ1) is 28.8. The normalized spacial score (nSPS) is 11.6. The summed E-state index contributed by atoms with van der Waals surface area (Å²) in [7, 11) is 1.41. The summed E-state index contributed by atoms with van der Waals surface area (Å²) in [6, 6.07) is 18.5. The Morgan fingerprint density at radius 3 is 2.44 bits per heavy atom. The summed E-state index contributed by atoms with van der Waals surface area (Å²) in [5.41, 5.74) is 2.25. The zero-order valence-electron chi connectivity index (χ0n) is 21.5. The van der Waals surface area contributed by atoms with Crippen molar-refractivity contribution < 1.29 is 38.1 Å². The monoisotopic (exact) mass is 537 g/mol. The van der Waals surface area contributed by atoms with Gasteiger partial charge in [-0.3, -0.25) is 4.79 Å². The largest absolute Gasteiger partial charge is 0.493 e. The van der Waals surface area contributed by atoms with Gasteiger partial charge in [-0.05, 0) is 60.7 Å². The summed E-state index contributed by atoms with van der Waals surface area (Å²) in [4.78, 5) is 39.0. The molecule has 0 radical (unpaired) electrons. The maximum absolute atomic E-state index is 14.8. The molecule has 9 nitrogen and oxygen atoms in total. The van der Waals surface area contributed by atoms with Crippen molar-refractivity contribution in [2.45, 2.75) is 25.7 Å². The zero-order chi connectivity index (χ0) is 28.2. The number of hydrogen-bond acceptors (Lipinski definition) is 8. The fraction of sp³-hybridized carbons (Fsp3) is 0.241. The highest BCUT2D eigenvalue weighted by Gasteiger charge is 2.21. The number of hydrogen-bond donors (Lipinski definition) is 0. The van der Waals surface area contributed by atoms with E-state index in [2.05, 4.69) is 4.84 Å². The van der Waals surface area contributed by atoms with Gasteiger partial charge in [0.2, 0.25) is 0 Å². The number of benzene rings is 3. The SMILES string of the molecule is COc1cc(/C=C/C(=O)OCCCCO[N+](=O)[O-])ccc1OC(=O)[C@H](C)c1ccc(-c2ccccc2)c(F)c1. The van der Waals surface area contributed by atoms with E-state index < -0.39 is 28.8 Å². The van der Waals surface area contributed by atoms with Gasteiger partial charge in [0.05, 0.1) is 26.2 Å². The van der Waals surface area contributed by atoms with Crippen LogP contribution in [0.25, 0.3) is 17.2 Å². The minimum atomic E-state index is -0.873. The van der Waals surface area contributed by atoms with E-state index in [1.807, 2.05) is 30.3 Å². The molecular weight excluding hydrogens is 509 g/mol. The molecule has 0 bridgehead atoms. The molecule has 0 saturated heterocycles. The number of esters is 2. The minimum Gasteiger partial charge on any atom is -0.493 e. The topological polar surface area (TPSA) is 114 Å². The molecule has 0 aliphatic carbocycles. The van der Waals surface area contributed by atoms with Gasteiger partial charge in [-0.15, -0.1) is 10.1 Å². The van der Waals surface area contributed by atoms with Crippen LogP contribution in [-0.2, 0) is 19.2 Å². The van der Waals surface area contributed by atoms with Crippen LogP contribution in [0.2, 0.25) is 0 Å². The first-order chi connectivity index (χ1) is 18.8. The number of carbonyl (C=O) groups excluding carboxylic acids is 2. The highest BCUT2D eigenvalue weighted by atomic mass is 19.1. The molecule has 3 rings (SSSR count). The lowest BCUT2D eigenvalue weighted by atomic mass is 9.97. The smallest absolute Gasteiger partial charge is 0.330 e. The molecule has 0 saturated carbocycles. The Morgan fingerprint density at radius 1 is 1.00 bits per heavy atom. The first-order valence-corrected chi connectivity index (χ1v) is 12.1. The zero-order valence-corrected chi connectivity index (χ0v) is 21.5. The lowest BCUT2D eigenvalue weighted by Gasteiger charge is -2.15. The molecule has 0 unspecified atom stereocenters. The van der Waals surface area contributed by atoms with Crippen LogP contribution in [0.1, 0.15) is 36.8 Å². The van der Waals surface area contributed by atoms with E-state index in [0.29, 0.717) is 29.5 Å². The lowest BCUT2D eigenvalue weighted by molar-refractivity contribution is -0.757. The summed E-state index contributed by atoms with van der Waals surface area (Å²) in [6.07, 6.45) is 3.53. The van der Waals surface area contributed by atoms with E-state index >= 15 is 0 Å². The number of ether oxygens (including phenoxy) is 3. The standard InChI is InChI=1S/C29H28FNO8/c1-20(23-12-13-24(25(30)19-23)22-8-4-3-5-9-22)29(33)39-26-14-10-21(18-27(26)36-2)11-15-28(32)37-16-6-7-17-38-31(34)35/h3-5,8-15,18-20H,6-7,16-17H2,1-2H3/b15-11+/t20-/m1/s1. The first-order valence-electron chi connectivity index (χ1n) is 12.1. The Hall–Kier alpha value is -4.73. The molecule has 3 aromatic rings. The molecule has 0 heterocycles. The number of carbonyl (C=O) groups is 2. The molecule has 0 N–H and O–H groups in total. The van der Waals surface area contributed by atoms with Crippen molar-refractivity contribution in [3.8, 4) is 22.6 Å². The van der Waals surface area contributed by atoms with Gasteiger partial charge < -0.3 is 19.0 Å². The van der Waals surface area contributed by atoms with E-state index in [1.54, 1.807) is 31.2 Å². The Labute approximate surface area is 224 Å². The highest BCUT2D eigenvalue weighted by molar-refractivity contribution is 5.87. The van der Waals surface area contributed by atoms with Crippen LogP contribution in [0.15, 0.2) is 72.8 Å². The summed E-state index contributed by atoms with van der Waals surface area (Å²) in [5.74, 6) is -1.91. The molecule has 0 spiro atoms. The van der Waals surface area contributed by atoms with E-state index in [1.165, 1.54) is 31.4 Å². The molecule has 39 heavy (non-hydrogen) atoms. The highest BCUT2D eigenvalue weighted by Crippen LogP contribution is 2.31. The van der Waals surface area contributed by atoms with Crippen molar-refractivity contribution in [2.75, 3.05) is 20.3 Å². The van der Waals surface area contributed by atoms with E-state index in [9.17, 15) is 24.1 Å². The summed E-state index contributed by atoms with van der Waals surface area (Å²) in [6.45, 7) is 1.66. The fourth-order valence-corrected chi connectivity index (χ4v) is 3.59. The third-order valence-electron chi connectivity index (χ3n) is 5.72. The van der Waals surface area contributed by atoms with Crippen LogP contribution < -0.4 is 9.47 Å². The van der Waals surface area contributed by atoms with E-state index in [4.69, 9.17) is 14.2 Å². The summed E-state index contributed by atoms with van der Waals surface area (Å²) >= 11 is 0. The second-order valence-corrected chi connectivity index (χ2v) is 8.42. The van der Waals surface area contributed by atoms with Gasteiger partial charge in [0, 0.05) is 11.6 Å². The second kappa shape index (κ2) is 14.3. The van der Waals surface area contributed by atoms with Gasteiger partial charge in [-0.2, -0.15) is 0 Å². The van der Waals surface area contributed by atoms with Crippen LogP contribution >= 0.6 is 0 Å². The quantitative estimate of drug-likeness (QED) is 0.0676. The number of halogens is 1. The molecule has 0 fully saturated rings. The summed E-state index contributed by atoms with van der Waals surface area (Å²) in [5, 5.41) is 9.20. The van der Waals surface area contributed by atoms with E-state index in [0.717, 1.165) is 5.56 Å². The Balaban J connectivity index is 1.57. The number of methoxy groups -OCH3 is 1. The molecular formula is C29H28FNO8. The predicted octanol–water partition coefficient (Wildman–Crippen LogP) is 5.76. The Kier molecular flexibility index (Phi) is 10.6. The van der Waals surface area contributed by atoms with Crippen molar-refractivity contribution in [3.05, 3.63) is 99.9 Å². The van der Waals surface area contributed by atoms with Crippen LogP contribution in [0.4, 0.5) is 4.39 Å². The molecule has 0 amide bonds. The third kappa shape index (κ3) is 8.67. The molecule has 0 aliphatic rings. The average Bonchev–Trinajstić information content (AvgIpc) is 2.94. The minimum absolute atomic E-state index is 0.0622. The van der Waals surface area contributed by atoms with Crippen molar-refractivity contribution in [3.63, 3.8) is 0 Å². The van der Waals surface area contributed by atoms with Crippen molar-refractivity contribution in [2.24, 2.45) is 0 Å². The molecule has 0 aromatic heterocycles. The Morgan fingerprint density at radius 2 is 1.74 bits per heavy atom. The van der Waals surface area contributed by atoms with Crippen molar-refractivity contribution in [1.29, 1.82) is 0 Å². The molecule has 204 valence electrons. The average molecular weight is 538 g/mol. The Bertz CT molecular complexity index is 1330. The van der Waals surface area contributed by atoms with E-state index in [-0.39, 0.29) is 24.7 Å². The van der Waals surface area contributed by atoms with Crippen LogP contribution in [0.5, 0.6) is 11.5 Å². The number of unbranched alkanes of at least 4 members (excludes halogenated alkanes) is 1. The van der Waals surface area contributed by atoms with Crippen molar-refractivity contribution >= 4 is 18.0 Å². The van der Waals surface area contributed by atoms with Gasteiger partial charge in [0.25, 0.3) is 5.09 Å². The predicted molar refractivity (Wildman–Crippen MR) is 141 cm³/mol. The van der Waals surface area contributed by atoms with Crippen LogP contribution in [-0.4, -0.2) is 37.3 Å². The molecule has 10 heteroatoms. The van der Waals surface area contributed by atoms with Gasteiger partial charge in [-0.25, -0.2) is 9.18 Å². The fourth-order valence-electron chi connectivity index (χ4n) is 3.59. The maximum Gasteiger partial charge on any atom is 0.330 e. The van der Waals surface area contributed by atoms with Gasteiger partial charge in [0.1, 0.15) is 5.82 Å². The van der Waals surface area contributed by atoms with Crippen LogP contribution in [0, 0.1) is 15.9 Å².